The summed E-state index contributed by atoms with van der Waals surface area (Å²) in [6, 6.07) is 0.0826. The van der Waals surface area contributed by atoms with Gasteiger partial charge in [-0.3, -0.25) is 4.79 Å². The van der Waals surface area contributed by atoms with Crippen LogP contribution in [0.25, 0.3) is 0 Å². The molecule has 1 aliphatic heterocycles. The smallest absolute Gasteiger partial charge is 0.410 e. The van der Waals surface area contributed by atoms with Crippen molar-refractivity contribution >= 4 is 12.0 Å². The van der Waals surface area contributed by atoms with Crippen LogP contribution in [0.1, 0.15) is 33.6 Å². The van der Waals surface area contributed by atoms with E-state index >= 15 is 0 Å². The number of rotatable bonds is 4. The van der Waals surface area contributed by atoms with Crippen molar-refractivity contribution in [1.82, 2.24) is 10.2 Å². The maximum absolute atomic E-state index is 12.0. The van der Waals surface area contributed by atoms with E-state index in [1.165, 1.54) is 0 Å². The molecule has 6 heteroatoms. The minimum Gasteiger partial charge on any atom is -0.444 e. The second-order valence-corrected chi connectivity index (χ2v) is 5.57. The molecular weight excluding hydrogens is 234 g/mol. The van der Waals surface area contributed by atoms with Crippen molar-refractivity contribution in [2.45, 2.75) is 45.3 Å². The minimum absolute atomic E-state index is 0.0826. The van der Waals surface area contributed by atoms with E-state index in [0.29, 0.717) is 13.1 Å². The number of carbonyl (C=O) groups is 2. The highest BCUT2D eigenvalue weighted by molar-refractivity contribution is 5.75. The zero-order valence-corrected chi connectivity index (χ0v) is 11.4. The van der Waals surface area contributed by atoms with Crippen LogP contribution >= 0.6 is 0 Å². The van der Waals surface area contributed by atoms with Crippen LogP contribution < -0.4 is 11.1 Å². The third-order valence-electron chi connectivity index (χ3n) is 2.68. The van der Waals surface area contributed by atoms with Gasteiger partial charge in [-0.1, -0.05) is 0 Å². The normalized spacial score (nSPS) is 19.9. The fraction of sp³-hybridized carbons (Fsp3) is 0.833. The van der Waals surface area contributed by atoms with Crippen molar-refractivity contribution in [3.05, 3.63) is 0 Å². The van der Waals surface area contributed by atoms with Gasteiger partial charge in [0.05, 0.1) is 6.54 Å². The standard InChI is InChI=1S/C12H23N3O3/c1-12(2,3)18-11(17)15-6-4-5-9(15)7-14-8-10(13)16/h9,14H,4-8H2,1-3H3,(H2,13,16). The fourth-order valence-corrected chi connectivity index (χ4v) is 1.97. The van der Waals surface area contributed by atoms with Gasteiger partial charge in [-0.25, -0.2) is 4.79 Å². The van der Waals surface area contributed by atoms with Gasteiger partial charge in [0.25, 0.3) is 0 Å². The molecule has 0 bridgehead atoms. The van der Waals surface area contributed by atoms with Gasteiger partial charge in [0.2, 0.25) is 5.91 Å². The molecule has 3 N–H and O–H groups in total. The average molecular weight is 257 g/mol. The second kappa shape index (κ2) is 6.04. The van der Waals surface area contributed by atoms with Crippen molar-refractivity contribution in [2.75, 3.05) is 19.6 Å². The number of hydrogen-bond acceptors (Lipinski definition) is 4. The molecule has 1 heterocycles. The lowest BCUT2D eigenvalue weighted by atomic mass is 10.2. The summed E-state index contributed by atoms with van der Waals surface area (Å²) in [7, 11) is 0. The van der Waals surface area contributed by atoms with Gasteiger partial charge < -0.3 is 20.7 Å². The molecule has 0 aromatic carbocycles. The van der Waals surface area contributed by atoms with E-state index in [2.05, 4.69) is 5.32 Å². The Labute approximate surface area is 108 Å². The van der Waals surface area contributed by atoms with Crippen LogP contribution in [0.4, 0.5) is 4.79 Å². The van der Waals surface area contributed by atoms with Gasteiger partial charge in [-0.2, -0.15) is 0 Å². The predicted octanol–water partition coefficient (Wildman–Crippen LogP) is 0.461. The largest absolute Gasteiger partial charge is 0.444 e. The van der Waals surface area contributed by atoms with Crippen LogP contribution in [0, 0.1) is 0 Å². The number of amides is 2. The van der Waals surface area contributed by atoms with Gasteiger partial charge in [0.15, 0.2) is 0 Å². The molecular formula is C12H23N3O3. The number of ether oxygens (including phenoxy) is 1. The molecule has 6 nitrogen and oxygen atoms in total. The van der Waals surface area contributed by atoms with Crippen molar-refractivity contribution in [1.29, 1.82) is 0 Å². The average Bonchev–Trinajstić information content (AvgIpc) is 2.62. The number of primary amides is 1. The maximum atomic E-state index is 12.0. The van der Waals surface area contributed by atoms with Crippen LogP contribution in [0.2, 0.25) is 0 Å². The first-order chi connectivity index (χ1) is 8.29. The molecule has 1 aliphatic rings. The van der Waals surface area contributed by atoms with Gasteiger partial charge in [-0.05, 0) is 33.6 Å². The molecule has 0 aromatic rings. The van der Waals surface area contributed by atoms with E-state index in [4.69, 9.17) is 10.5 Å². The number of nitrogens with one attached hydrogen (secondary N) is 1. The van der Waals surface area contributed by atoms with E-state index in [9.17, 15) is 9.59 Å². The Hall–Kier alpha value is -1.30. The lowest BCUT2D eigenvalue weighted by Crippen LogP contribution is -2.45. The lowest BCUT2D eigenvalue weighted by Gasteiger charge is -2.28. The first-order valence-corrected chi connectivity index (χ1v) is 6.28. The monoisotopic (exact) mass is 257 g/mol. The SMILES string of the molecule is CC(C)(C)OC(=O)N1CCCC1CNCC(N)=O. The van der Waals surface area contributed by atoms with Crippen LogP contribution in [0.5, 0.6) is 0 Å². The van der Waals surface area contributed by atoms with Crippen molar-refractivity contribution in [3.63, 3.8) is 0 Å². The first kappa shape index (κ1) is 14.8. The fourth-order valence-electron chi connectivity index (χ4n) is 1.97. The Morgan fingerprint density at radius 3 is 2.67 bits per heavy atom. The Morgan fingerprint density at radius 2 is 2.11 bits per heavy atom. The molecule has 1 rings (SSSR count). The highest BCUT2D eigenvalue weighted by Crippen LogP contribution is 2.20. The number of nitrogens with two attached hydrogens (primary N) is 1. The highest BCUT2D eigenvalue weighted by atomic mass is 16.6. The Morgan fingerprint density at radius 1 is 1.44 bits per heavy atom. The molecule has 1 unspecified atom stereocenters. The van der Waals surface area contributed by atoms with Crippen LogP contribution in [0.15, 0.2) is 0 Å². The summed E-state index contributed by atoms with van der Waals surface area (Å²) in [5.41, 5.74) is 4.57. The van der Waals surface area contributed by atoms with Gasteiger partial charge in [-0.15, -0.1) is 0 Å². The van der Waals surface area contributed by atoms with E-state index < -0.39 is 11.5 Å². The first-order valence-electron chi connectivity index (χ1n) is 6.28. The molecule has 0 saturated carbocycles. The Balaban J connectivity index is 2.43. The van der Waals surface area contributed by atoms with Crippen molar-refractivity contribution in [2.24, 2.45) is 5.73 Å². The molecule has 2 amide bonds. The van der Waals surface area contributed by atoms with Crippen LogP contribution in [-0.2, 0) is 9.53 Å². The summed E-state index contributed by atoms with van der Waals surface area (Å²) < 4.78 is 5.35. The minimum atomic E-state index is -0.481. The van der Waals surface area contributed by atoms with Crippen molar-refractivity contribution < 1.29 is 14.3 Å². The van der Waals surface area contributed by atoms with Gasteiger partial charge >= 0.3 is 6.09 Å². The summed E-state index contributed by atoms with van der Waals surface area (Å²) >= 11 is 0. The Bertz CT molecular complexity index is 312. The van der Waals surface area contributed by atoms with Gasteiger partial charge in [0.1, 0.15) is 5.60 Å². The zero-order chi connectivity index (χ0) is 13.8. The third-order valence-corrected chi connectivity index (χ3v) is 2.68. The van der Waals surface area contributed by atoms with E-state index in [0.717, 1.165) is 12.8 Å². The maximum Gasteiger partial charge on any atom is 0.410 e. The predicted molar refractivity (Wildman–Crippen MR) is 68.0 cm³/mol. The molecule has 0 radical (unpaired) electrons. The number of nitrogens with zero attached hydrogens (tertiary/aromatic N) is 1. The molecule has 18 heavy (non-hydrogen) atoms. The molecule has 1 atom stereocenters. The number of likely N-dealkylation sites (tertiary alicyclic amines) is 1. The highest BCUT2D eigenvalue weighted by Gasteiger charge is 2.31. The van der Waals surface area contributed by atoms with E-state index in [1.807, 2.05) is 20.8 Å². The van der Waals surface area contributed by atoms with Crippen molar-refractivity contribution in [3.8, 4) is 0 Å². The van der Waals surface area contributed by atoms with Crippen LogP contribution in [-0.4, -0.2) is 48.2 Å². The molecule has 0 aliphatic carbocycles. The molecule has 0 aromatic heterocycles. The molecule has 104 valence electrons. The quantitative estimate of drug-likeness (QED) is 0.766. The summed E-state index contributed by atoms with van der Waals surface area (Å²) in [6.45, 7) is 6.96. The summed E-state index contributed by atoms with van der Waals surface area (Å²) in [5, 5.41) is 2.95. The Kier molecular flexibility index (Phi) is 4.95. The lowest BCUT2D eigenvalue weighted by molar-refractivity contribution is -0.117. The summed E-state index contributed by atoms with van der Waals surface area (Å²) in [4.78, 5) is 24.3. The number of hydrogen-bond donors (Lipinski definition) is 2. The van der Waals surface area contributed by atoms with Gasteiger partial charge in [0, 0.05) is 19.1 Å². The zero-order valence-electron chi connectivity index (χ0n) is 11.4. The summed E-state index contributed by atoms with van der Waals surface area (Å²) in [6.07, 6.45) is 1.60. The van der Waals surface area contributed by atoms with E-state index in [1.54, 1.807) is 4.90 Å². The number of carbonyl (C=O) groups excluding carboxylic acids is 2. The molecule has 1 saturated heterocycles. The summed E-state index contributed by atoms with van der Waals surface area (Å²) in [5.74, 6) is -0.392. The third kappa shape index (κ3) is 4.91. The second-order valence-electron chi connectivity index (χ2n) is 5.57. The van der Waals surface area contributed by atoms with E-state index in [-0.39, 0.29) is 18.7 Å². The molecule has 1 fully saturated rings. The van der Waals surface area contributed by atoms with Crippen LogP contribution in [0.3, 0.4) is 0 Å². The topological polar surface area (TPSA) is 84.7 Å². The molecule has 0 spiro atoms.